The standard InChI is InChI=1S/C19H23NO/c1-14-11-17(18-9-6-10-20-18)12-15(2)19(14)21-13-16-7-4-3-5-8-16/h3-5,7-8,11-12,18,20H,6,9-10,13H2,1-2H3/t18-/m1/s1. The first kappa shape index (κ1) is 14.2. The highest BCUT2D eigenvalue weighted by Gasteiger charge is 2.18. The number of hydrogen-bond acceptors (Lipinski definition) is 2. The van der Waals surface area contributed by atoms with Crippen LogP contribution in [0, 0.1) is 13.8 Å². The van der Waals surface area contributed by atoms with Gasteiger partial charge in [0.05, 0.1) is 0 Å². The molecule has 2 heteroatoms. The molecule has 0 bridgehead atoms. The molecule has 0 unspecified atom stereocenters. The zero-order chi connectivity index (χ0) is 14.7. The fourth-order valence-electron chi connectivity index (χ4n) is 3.11. The molecular formula is C19H23NO. The summed E-state index contributed by atoms with van der Waals surface area (Å²) in [6.07, 6.45) is 2.51. The molecule has 0 amide bonds. The molecule has 3 rings (SSSR count). The van der Waals surface area contributed by atoms with Gasteiger partial charge in [-0.1, -0.05) is 42.5 Å². The number of benzene rings is 2. The van der Waals surface area contributed by atoms with Gasteiger partial charge in [-0.25, -0.2) is 0 Å². The quantitative estimate of drug-likeness (QED) is 0.902. The molecule has 0 aliphatic carbocycles. The van der Waals surface area contributed by atoms with Gasteiger partial charge in [-0.2, -0.15) is 0 Å². The highest BCUT2D eigenvalue weighted by molar-refractivity contribution is 5.44. The lowest BCUT2D eigenvalue weighted by Crippen LogP contribution is -2.13. The molecule has 2 aromatic carbocycles. The first-order valence-electron chi connectivity index (χ1n) is 7.75. The molecule has 1 saturated heterocycles. The van der Waals surface area contributed by atoms with Gasteiger partial charge in [0.25, 0.3) is 0 Å². The van der Waals surface area contributed by atoms with Crippen molar-refractivity contribution in [2.24, 2.45) is 0 Å². The van der Waals surface area contributed by atoms with Gasteiger partial charge >= 0.3 is 0 Å². The Kier molecular flexibility index (Phi) is 4.26. The second-order valence-corrected chi connectivity index (χ2v) is 5.91. The molecule has 2 aromatic rings. The van der Waals surface area contributed by atoms with Crippen molar-refractivity contribution in [2.75, 3.05) is 6.54 Å². The van der Waals surface area contributed by atoms with Crippen molar-refractivity contribution in [3.8, 4) is 5.75 Å². The topological polar surface area (TPSA) is 21.3 Å². The summed E-state index contributed by atoms with van der Waals surface area (Å²) in [5.41, 5.74) is 5.07. The highest BCUT2D eigenvalue weighted by Crippen LogP contribution is 2.31. The van der Waals surface area contributed by atoms with Crippen LogP contribution < -0.4 is 10.1 Å². The third-order valence-corrected chi connectivity index (χ3v) is 4.17. The van der Waals surface area contributed by atoms with E-state index in [4.69, 9.17) is 4.74 Å². The van der Waals surface area contributed by atoms with Crippen molar-refractivity contribution in [1.82, 2.24) is 5.32 Å². The van der Waals surface area contributed by atoms with E-state index in [1.165, 1.54) is 35.1 Å². The third kappa shape index (κ3) is 3.27. The Morgan fingerprint density at radius 1 is 1.10 bits per heavy atom. The summed E-state index contributed by atoms with van der Waals surface area (Å²) >= 11 is 0. The number of ether oxygens (including phenoxy) is 1. The van der Waals surface area contributed by atoms with Crippen molar-refractivity contribution in [2.45, 2.75) is 39.3 Å². The van der Waals surface area contributed by atoms with Crippen LogP contribution in [0.15, 0.2) is 42.5 Å². The number of nitrogens with one attached hydrogen (secondary N) is 1. The van der Waals surface area contributed by atoms with Crippen molar-refractivity contribution in [3.05, 3.63) is 64.7 Å². The largest absolute Gasteiger partial charge is 0.488 e. The van der Waals surface area contributed by atoms with Gasteiger partial charge in [0, 0.05) is 6.04 Å². The Morgan fingerprint density at radius 3 is 2.43 bits per heavy atom. The van der Waals surface area contributed by atoms with Gasteiger partial charge in [-0.05, 0) is 55.5 Å². The molecule has 0 radical (unpaired) electrons. The van der Waals surface area contributed by atoms with Crippen LogP contribution >= 0.6 is 0 Å². The monoisotopic (exact) mass is 281 g/mol. The van der Waals surface area contributed by atoms with Gasteiger partial charge in [-0.3, -0.25) is 0 Å². The van der Waals surface area contributed by atoms with Gasteiger partial charge in [0.1, 0.15) is 12.4 Å². The molecule has 1 aliphatic heterocycles. The molecule has 1 aliphatic rings. The van der Waals surface area contributed by atoms with Crippen molar-refractivity contribution in [1.29, 1.82) is 0 Å². The molecule has 1 fully saturated rings. The maximum Gasteiger partial charge on any atom is 0.125 e. The summed E-state index contributed by atoms with van der Waals surface area (Å²) in [4.78, 5) is 0. The normalized spacial score (nSPS) is 17.9. The van der Waals surface area contributed by atoms with Crippen molar-refractivity contribution in [3.63, 3.8) is 0 Å². The van der Waals surface area contributed by atoms with E-state index in [9.17, 15) is 0 Å². The minimum atomic E-state index is 0.519. The molecule has 0 saturated carbocycles. The Labute approximate surface area is 127 Å². The SMILES string of the molecule is Cc1cc([C@H]2CCCN2)cc(C)c1OCc1ccccc1. The molecule has 110 valence electrons. The highest BCUT2D eigenvalue weighted by atomic mass is 16.5. The zero-order valence-corrected chi connectivity index (χ0v) is 12.9. The molecule has 0 aromatic heterocycles. The fourth-order valence-corrected chi connectivity index (χ4v) is 3.11. The van der Waals surface area contributed by atoms with E-state index in [1.807, 2.05) is 18.2 Å². The van der Waals surface area contributed by atoms with E-state index < -0.39 is 0 Å². The van der Waals surface area contributed by atoms with Gasteiger partial charge < -0.3 is 10.1 Å². The van der Waals surface area contributed by atoms with Crippen LogP contribution in [0.25, 0.3) is 0 Å². The fraction of sp³-hybridized carbons (Fsp3) is 0.368. The summed E-state index contributed by atoms with van der Waals surface area (Å²) in [6.45, 7) is 6.05. The lowest BCUT2D eigenvalue weighted by Gasteiger charge is -2.17. The van der Waals surface area contributed by atoms with Crippen LogP contribution in [0.2, 0.25) is 0 Å². The van der Waals surface area contributed by atoms with Crippen LogP contribution in [0.4, 0.5) is 0 Å². The van der Waals surface area contributed by atoms with E-state index >= 15 is 0 Å². The molecule has 1 N–H and O–H groups in total. The third-order valence-electron chi connectivity index (χ3n) is 4.17. The van der Waals surface area contributed by atoms with Gasteiger partial charge in [-0.15, -0.1) is 0 Å². The predicted molar refractivity (Wildman–Crippen MR) is 86.7 cm³/mol. The van der Waals surface area contributed by atoms with E-state index in [2.05, 4.69) is 43.4 Å². The van der Waals surface area contributed by atoms with Crippen LogP contribution in [0.5, 0.6) is 5.75 Å². The average Bonchev–Trinajstić information content (AvgIpc) is 3.01. The first-order valence-corrected chi connectivity index (χ1v) is 7.75. The maximum atomic E-state index is 6.05. The summed E-state index contributed by atoms with van der Waals surface area (Å²) in [7, 11) is 0. The predicted octanol–water partition coefficient (Wildman–Crippen LogP) is 4.31. The minimum absolute atomic E-state index is 0.519. The van der Waals surface area contributed by atoms with Crippen molar-refractivity contribution >= 4 is 0 Å². The van der Waals surface area contributed by atoms with E-state index in [0.717, 1.165) is 12.3 Å². The molecule has 1 atom stereocenters. The van der Waals surface area contributed by atoms with E-state index in [1.54, 1.807) is 0 Å². The summed E-state index contributed by atoms with van der Waals surface area (Å²) in [6, 6.07) is 15.4. The summed E-state index contributed by atoms with van der Waals surface area (Å²) in [5.74, 6) is 1.03. The molecular weight excluding hydrogens is 258 g/mol. The second kappa shape index (κ2) is 6.31. The Balaban J connectivity index is 1.76. The van der Waals surface area contributed by atoms with Gasteiger partial charge in [0.15, 0.2) is 0 Å². The van der Waals surface area contributed by atoms with E-state index in [0.29, 0.717) is 12.6 Å². The van der Waals surface area contributed by atoms with Crippen LogP contribution in [-0.2, 0) is 6.61 Å². The average molecular weight is 281 g/mol. The Bertz CT molecular complexity index is 577. The van der Waals surface area contributed by atoms with Crippen LogP contribution in [0.3, 0.4) is 0 Å². The molecule has 0 spiro atoms. The van der Waals surface area contributed by atoms with Crippen LogP contribution in [-0.4, -0.2) is 6.54 Å². The summed E-state index contributed by atoms with van der Waals surface area (Å²) < 4.78 is 6.05. The van der Waals surface area contributed by atoms with Gasteiger partial charge in [0.2, 0.25) is 0 Å². The van der Waals surface area contributed by atoms with Crippen LogP contribution in [0.1, 0.15) is 41.1 Å². The molecule has 1 heterocycles. The maximum absolute atomic E-state index is 6.05. The minimum Gasteiger partial charge on any atom is -0.488 e. The lowest BCUT2D eigenvalue weighted by atomic mass is 9.99. The Morgan fingerprint density at radius 2 is 1.81 bits per heavy atom. The Hall–Kier alpha value is -1.80. The summed E-state index contributed by atoms with van der Waals surface area (Å²) in [5, 5.41) is 3.56. The van der Waals surface area contributed by atoms with E-state index in [-0.39, 0.29) is 0 Å². The number of hydrogen-bond donors (Lipinski definition) is 1. The first-order chi connectivity index (χ1) is 10.2. The lowest BCUT2D eigenvalue weighted by molar-refractivity contribution is 0.302. The molecule has 21 heavy (non-hydrogen) atoms. The smallest absolute Gasteiger partial charge is 0.125 e. The number of aryl methyl sites for hydroxylation is 2. The molecule has 2 nitrogen and oxygen atoms in total. The second-order valence-electron chi connectivity index (χ2n) is 5.91. The zero-order valence-electron chi connectivity index (χ0n) is 12.9. The number of rotatable bonds is 4. The van der Waals surface area contributed by atoms with Crippen molar-refractivity contribution < 1.29 is 4.74 Å².